The summed E-state index contributed by atoms with van der Waals surface area (Å²) >= 11 is 0. The second-order valence-electron chi connectivity index (χ2n) is 4.92. The molecule has 19 heavy (non-hydrogen) atoms. The summed E-state index contributed by atoms with van der Waals surface area (Å²) in [7, 11) is 1.73. The van der Waals surface area contributed by atoms with Crippen LogP contribution in [-0.4, -0.2) is 23.4 Å². The van der Waals surface area contributed by atoms with E-state index in [4.69, 9.17) is 4.74 Å². The minimum absolute atomic E-state index is 0.351. The van der Waals surface area contributed by atoms with E-state index in [1.54, 1.807) is 7.11 Å². The van der Waals surface area contributed by atoms with Gasteiger partial charge < -0.3 is 10.1 Å². The lowest BCUT2D eigenvalue weighted by Crippen LogP contribution is -2.25. The van der Waals surface area contributed by atoms with Crippen LogP contribution >= 0.6 is 0 Å². The lowest BCUT2D eigenvalue weighted by molar-refractivity contribution is 0.381. The van der Waals surface area contributed by atoms with E-state index in [0.717, 1.165) is 31.7 Å². The number of unbranched alkanes of at least 4 members (excludes halogenated alkanes) is 2. The zero-order valence-corrected chi connectivity index (χ0v) is 12.9. The van der Waals surface area contributed by atoms with Gasteiger partial charge in [-0.25, -0.2) is 0 Å². The average Bonchev–Trinajstić information content (AvgIpc) is 2.85. The quantitative estimate of drug-likeness (QED) is 0.659. The van der Waals surface area contributed by atoms with Gasteiger partial charge in [-0.15, -0.1) is 0 Å². The SMILES string of the molecule is CCCCCC(NCCC)c1c(OC)cnn1CC. The van der Waals surface area contributed by atoms with E-state index in [-0.39, 0.29) is 0 Å². The Morgan fingerprint density at radius 2 is 2.05 bits per heavy atom. The molecule has 1 aromatic heterocycles. The Labute approximate surface area is 117 Å². The van der Waals surface area contributed by atoms with Gasteiger partial charge in [0.1, 0.15) is 0 Å². The topological polar surface area (TPSA) is 39.1 Å². The molecule has 0 radical (unpaired) electrons. The molecule has 1 unspecified atom stereocenters. The van der Waals surface area contributed by atoms with Crippen LogP contribution in [0.1, 0.15) is 64.6 Å². The van der Waals surface area contributed by atoms with Crippen LogP contribution in [0, 0.1) is 0 Å². The van der Waals surface area contributed by atoms with Gasteiger partial charge in [-0.05, 0) is 26.3 Å². The Bertz CT molecular complexity index is 328. The van der Waals surface area contributed by atoms with Crippen LogP contribution in [0.2, 0.25) is 0 Å². The number of nitrogens with one attached hydrogen (secondary N) is 1. The molecule has 4 nitrogen and oxygen atoms in total. The summed E-state index contributed by atoms with van der Waals surface area (Å²) < 4.78 is 7.53. The van der Waals surface area contributed by atoms with Crippen molar-refractivity contribution in [3.63, 3.8) is 0 Å². The fraction of sp³-hybridized carbons (Fsp3) is 0.800. The van der Waals surface area contributed by atoms with Gasteiger partial charge in [0.2, 0.25) is 0 Å². The third kappa shape index (κ3) is 4.53. The maximum atomic E-state index is 5.47. The van der Waals surface area contributed by atoms with Gasteiger partial charge >= 0.3 is 0 Å². The highest BCUT2D eigenvalue weighted by Crippen LogP contribution is 2.28. The molecule has 0 bridgehead atoms. The zero-order chi connectivity index (χ0) is 14.1. The van der Waals surface area contributed by atoms with Gasteiger partial charge in [-0.2, -0.15) is 5.10 Å². The molecule has 0 aliphatic carbocycles. The number of ether oxygens (including phenoxy) is 1. The Morgan fingerprint density at radius 3 is 2.63 bits per heavy atom. The van der Waals surface area contributed by atoms with Crippen molar-refractivity contribution in [2.24, 2.45) is 0 Å². The molecule has 1 aromatic rings. The van der Waals surface area contributed by atoms with Crippen molar-refractivity contribution in [3.05, 3.63) is 11.9 Å². The monoisotopic (exact) mass is 267 g/mol. The Hall–Kier alpha value is -1.03. The van der Waals surface area contributed by atoms with Crippen molar-refractivity contribution in [1.29, 1.82) is 0 Å². The van der Waals surface area contributed by atoms with Crippen LogP contribution in [0.5, 0.6) is 5.75 Å². The summed E-state index contributed by atoms with van der Waals surface area (Å²) in [5, 5.41) is 8.05. The highest BCUT2D eigenvalue weighted by Gasteiger charge is 2.20. The molecule has 0 aromatic carbocycles. The molecular formula is C15H29N3O. The highest BCUT2D eigenvalue weighted by molar-refractivity contribution is 5.28. The minimum atomic E-state index is 0.351. The van der Waals surface area contributed by atoms with Crippen LogP contribution in [0.25, 0.3) is 0 Å². The number of hydrogen-bond acceptors (Lipinski definition) is 3. The summed E-state index contributed by atoms with van der Waals surface area (Å²) in [6.07, 6.45) is 7.91. The Morgan fingerprint density at radius 1 is 1.26 bits per heavy atom. The molecule has 0 aliphatic heterocycles. The first-order chi connectivity index (χ1) is 9.28. The standard InChI is InChI=1S/C15H29N3O/c1-5-8-9-10-13(16-11-6-2)15-14(19-4)12-17-18(15)7-3/h12-13,16H,5-11H2,1-4H3. The van der Waals surface area contributed by atoms with Gasteiger partial charge in [0.05, 0.1) is 25.0 Å². The predicted molar refractivity (Wildman–Crippen MR) is 79.6 cm³/mol. The van der Waals surface area contributed by atoms with Gasteiger partial charge in [0.25, 0.3) is 0 Å². The van der Waals surface area contributed by atoms with Crippen LogP contribution in [0.4, 0.5) is 0 Å². The van der Waals surface area contributed by atoms with Crippen molar-refractivity contribution >= 4 is 0 Å². The summed E-state index contributed by atoms with van der Waals surface area (Å²) in [5.41, 5.74) is 1.20. The van der Waals surface area contributed by atoms with E-state index in [1.807, 2.05) is 6.20 Å². The third-order valence-electron chi connectivity index (χ3n) is 3.43. The average molecular weight is 267 g/mol. The third-order valence-corrected chi connectivity index (χ3v) is 3.43. The van der Waals surface area contributed by atoms with E-state index < -0.39 is 0 Å². The van der Waals surface area contributed by atoms with E-state index in [2.05, 4.69) is 35.9 Å². The number of nitrogens with zero attached hydrogens (tertiary/aromatic N) is 2. The van der Waals surface area contributed by atoms with Gasteiger partial charge in [-0.3, -0.25) is 4.68 Å². The maximum absolute atomic E-state index is 5.47. The van der Waals surface area contributed by atoms with Crippen molar-refractivity contribution < 1.29 is 4.74 Å². The fourth-order valence-electron chi connectivity index (χ4n) is 2.39. The van der Waals surface area contributed by atoms with Crippen LogP contribution in [-0.2, 0) is 6.54 Å². The number of methoxy groups -OCH3 is 1. The number of rotatable bonds is 10. The lowest BCUT2D eigenvalue weighted by Gasteiger charge is -2.20. The van der Waals surface area contributed by atoms with Crippen LogP contribution in [0.3, 0.4) is 0 Å². The first kappa shape index (κ1) is 16.0. The maximum Gasteiger partial charge on any atom is 0.161 e. The van der Waals surface area contributed by atoms with Crippen molar-refractivity contribution in [2.45, 2.75) is 65.5 Å². The summed E-state index contributed by atoms with van der Waals surface area (Å²) in [6.45, 7) is 8.49. The largest absolute Gasteiger partial charge is 0.493 e. The molecule has 0 amide bonds. The molecule has 1 atom stereocenters. The molecule has 1 N–H and O–H groups in total. The number of aromatic nitrogens is 2. The van der Waals surface area contributed by atoms with E-state index in [9.17, 15) is 0 Å². The van der Waals surface area contributed by atoms with E-state index in [1.165, 1.54) is 25.0 Å². The highest BCUT2D eigenvalue weighted by atomic mass is 16.5. The Kier molecular flexibility index (Phi) is 7.56. The van der Waals surface area contributed by atoms with E-state index in [0.29, 0.717) is 6.04 Å². The van der Waals surface area contributed by atoms with Crippen molar-refractivity contribution in [3.8, 4) is 5.75 Å². The minimum Gasteiger partial charge on any atom is -0.493 e. The second-order valence-corrected chi connectivity index (χ2v) is 4.92. The number of hydrogen-bond donors (Lipinski definition) is 1. The first-order valence-corrected chi connectivity index (χ1v) is 7.61. The zero-order valence-electron chi connectivity index (χ0n) is 12.9. The molecule has 4 heteroatoms. The molecule has 1 heterocycles. The van der Waals surface area contributed by atoms with Crippen LogP contribution in [0.15, 0.2) is 6.20 Å². The molecule has 0 spiro atoms. The summed E-state index contributed by atoms with van der Waals surface area (Å²) in [6, 6.07) is 0.351. The van der Waals surface area contributed by atoms with Crippen molar-refractivity contribution in [1.82, 2.24) is 15.1 Å². The second kappa shape index (κ2) is 8.97. The first-order valence-electron chi connectivity index (χ1n) is 7.61. The Balaban J connectivity index is 2.84. The summed E-state index contributed by atoms with van der Waals surface area (Å²) in [5.74, 6) is 0.909. The summed E-state index contributed by atoms with van der Waals surface area (Å²) in [4.78, 5) is 0. The van der Waals surface area contributed by atoms with Crippen LogP contribution < -0.4 is 10.1 Å². The smallest absolute Gasteiger partial charge is 0.161 e. The van der Waals surface area contributed by atoms with Gasteiger partial charge in [0, 0.05) is 6.54 Å². The van der Waals surface area contributed by atoms with Gasteiger partial charge in [-0.1, -0.05) is 33.1 Å². The molecule has 110 valence electrons. The number of aryl methyl sites for hydroxylation is 1. The van der Waals surface area contributed by atoms with E-state index >= 15 is 0 Å². The molecule has 0 fully saturated rings. The fourth-order valence-corrected chi connectivity index (χ4v) is 2.39. The molecule has 0 saturated carbocycles. The molecular weight excluding hydrogens is 238 g/mol. The predicted octanol–water partition coefficient (Wildman–Crippen LogP) is 3.53. The normalized spacial score (nSPS) is 12.6. The van der Waals surface area contributed by atoms with Gasteiger partial charge in [0.15, 0.2) is 5.75 Å². The van der Waals surface area contributed by atoms with Crippen molar-refractivity contribution in [2.75, 3.05) is 13.7 Å². The molecule has 0 aliphatic rings. The molecule has 0 saturated heterocycles. The lowest BCUT2D eigenvalue weighted by atomic mass is 10.0. The molecule has 1 rings (SSSR count).